The molecule has 0 saturated carbocycles. The normalized spacial score (nSPS) is 13.4. The summed E-state index contributed by atoms with van der Waals surface area (Å²) in [4.78, 5) is 15.4. The minimum absolute atomic E-state index is 0.210. The molecule has 5 nitrogen and oxygen atoms in total. The number of hydrogen-bond acceptors (Lipinski definition) is 3. The molecule has 2 unspecified atom stereocenters. The number of ether oxygens (including phenoxy) is 1. The van der Waals surface area contributed by atoms with Gasteiger partial charge in [-0.3, -0.25) is 4.79 Å². The Bertz CT molecular complexity index is 889. The molecule has 3 aromatic rings. The van der Waals surface area contributed by atoms with Crippen molar-refractivity contribution in [2.45, 2.75) is 19.1 Å². The van der Waals surface area contributed by atoms with E-state index in [2.05, 4.69) is 10.3 Å². The van der Waals surface area contributed by atoms with Gasteiger partial charge in [-0.1, -0.05) is 18.2 Å². The van der Waals surface area contributed by atoms with Crippen LogP contribution in [-0.2, 0) is 0 Å². The summed E-state index contributed by atoms with van der Waals surface area (Å²) in [5.74, 6) is -0.231. The zero-order valence-electron chi connectivity index (χ0n) is 13.9. The average molecular weight is 342 g/mol. The molecule has 0 saturated heterocycles. The summed E-state index contributed by atoms with van der Waals surface area (Å²) in [7, 11) is 1.56. The summed E-state index contributed by atoms with van der Waals surface area (Å²) in [6.45, 7) is 1.69. The Labute approximate surface area is 144 Å². The van der Waals surface area contributed by atoms with Crippen molar-refractivity contribution < 1.29 is 19.0 Å². The highest BCUT2D eigenvalue weighted by Crippen LogP contribution is 2.23. The maximum Gasteiger partial charge on any atom is 0.253 e. The molecule has 0 spiro atoms. The molecule has 3 rings (SSSR count). The first-order valence-corrected chi connectivity index (χ1v) is 7.89. The topological polar surface area (TPSA) is 74.3 Å². The molecule has 0 radical (unpaired) electrons. The van der Waals surface area contributed by atoms with Gasteiger partial charge in [-0.05, 0) is 36.8 Å². The monoisotopic (exact) mass is 342 g/mol. The maximum absolute atomic E-state index is 14.0. The number of rotatable bonds is 5. The van der Waals surface area contributed by atoms with E-state index < -0.39 is 23.9 Å². The molecule has 0 aliphatic carbocycles. The van der Waals surface area contributed by atoms with Gasteiger partial charge in [0, 0.05) is 17.1 Å². The van der Waals surface area contributed by atoms with E-state index in [-0.39, 0.29) is 10.9 Å². The van der Waals surface area contributed by atoms with Crippen LogP contribution in [0, 0.1) is 5.82 Å². The number of amides is 1. The van der Waals surface area contributed by atoms with E-state index >= 15 is 0 Å². The first kappa shape index (κ1) is 17.0. The van der Waals surface area contributed by atoms with Crippen LogP contribution in [0.4, 0.5) is 4.39 Å². The average Bonchev–Trinajstić information content (AvgIpc) is 3.06. The highest BCUT2D eigenvalue weighted by atomic mass is 19.1. The van der Waals surface area contributed by atoms with Crippen molar-refractivity contribution in [3.8, 4) is 5.75 Å². The largest absolute Gasteiger partial charge is 0.497 e. The Balaban J connectivity index is 1.77. The van der Waals surface area contributed by atoms with Gasteiger partial charge < -0.3 is 20.1 Å². The third-order valence-corrected chi connectivity index (χ3v) is 4.19. The van der Waals surface area contributed by atoms with Crippen LogP contribution in [-0.4, -0.2) is 29.1 Å². The number of methoxy groups -OCH3 is 1. The number of halogens is 1. The van der Waals surface area contributed by atoms with Crippen LogP contribution in [0.15, 0.2) is 48.7 Å². The van der Waals surface area contributed by atoms with Crippen LogP contribution in [0.25, 0.3) is 10.9 Å². The molecule has 0 aliphatic heterocycles. The molecular formula is C19H19FN2O3. The van der Waals surface area contributed by atoms with E-state index in [9.17, 15) is 14.3 Å². The lowest BCUT2D eigenvalue weighted by molar-refractivity contribution is 0.0853. The van der Waals surface area contributed by atoms with Crippen molar-refractivity contribution in [2.75, 3.05) is 7.11 Å². The SMILES string of the molecule is COc1ccc(C(O)C(C)NC(=O)c2c[nH]c3cccc(F)c23)cc1. The molecule has 25 heavy (non-hydrogen) atoms. The fraction of sp³-hybridized carbons (Fsp3) is 0.211. The molecule has 6 heteroatoms. The van der Waals surface area contributed by atoms with Gasteiger partial charge in [0.05, 0.1) is 24.8 Å². The number of aromatic amines is 1. The Hall–Kier alpha value is -2.86. The number of H-pyrrole nitrogens is 1. The quantitative estimate of drug-likeness (QED) is 0.667. The second kappa shape index (κ2) is 6.94. The predicted octanol–water partition coefficient (Wildman–Crippen LogP) is 3.17. The zero-order chi connectivity index (χ0) is 18.0. The fourth-order valence-corrected chi connectivity index (χ4v) is 2.77. The minimum Gasteiger partial charge on any atom is -0.497 e. The number of carbonyl (C=O) groups is 1. The Morgan fingerprint density at radius 1 is 1.24 bits per heavy atom. The molecule has 2 atom stereocenters. The molecule has 1 amide bonds. The molecule has 3 N–H and O–H groups in total. The lowest BCUT2D eigenvalue weighted by atomic mass is 10.0. The van der Waals surface area contributed by atoms with Crippen LogP contribution < -0.4 is 10.1 Å². The van der Waals surface area contributed by atoms with Crippen LogP contribution >= 0.6 is 0 Å². The van der Waals surface area contributed by atoms with Gasteiger partial charge >= 0.3 is 0 Å². The Morgan fingerprint density at radius 2 is 1.96 bits per heavy atom. The van der Waals surface area contributed by atoms with E-state index in [1.807, 2.05) is 0 Å². The van der Waals surface area contributed by atoms with Gasteiger partial charge in [0.15, 0.2) is 0 Å². The van der Waals surface area contributed by atoms with Crippen LogP contribution in [0.2, 0.25) is 0 Å². The maximum atomic E-state index is 14.0. The van der Waals surface area contributed by atoms with Crippen LogP contribution in [0.5, 0.6) is 5.75 Å². The van der Waals surface area contributed by atoms with Crippen molar-refractivity contribution in [3.05, 3.63) is 65.6 Å². The summed E-state index contributed by atoms with van der Waals surface area (Å²) in [6, 6.07) is 11.0. The first-order chi connectivity index (χ1) is 12.0. The Kier molecular flexibility index (Phi) is 4.72. The van der Waals surface area contributed by atoms with Crippen molar-refractivity contribution in [2.24, 2.45) is 0 Å². The number of aromatic nitrogens is 1. The Morgan fingerprint density at radius 3 is 2.64 bits per heavy atom. The van der Waals surface area contributed by atoms with Crippen molar-refractivity contribution >= 4 is 16.8 Å². The van der Waals surface area contributed by atoms with Gasteiger partial charge in [-0.25, -0.2) is 4.39 Å². The smallest absolute Gasteiger partial charge is 0.253 e. The molecule has 0 bridgehead atoms. The van der Waals surface area contributed by atoms with Crippen LogP contribution in [0.3, 0.4) is 0 Å². The van der Waals surface area contributed by atoms with Crippen molar-refractivity contribution in [3.63, 3.8) is 0 Å². The van der Waals surface area contributed by atoms with Gasteiger partial charge in [0.1, 0.15) is 11.6 Å². The summed E-state index contributed by atoms with van der Waals surface area (Å²) in [6.07, 6.45) is 0.570. The predicted molar refractivity (Wildman–Crippen MR) is 93.1 cm³/mol. The number of carbonyl (C=O) groups excluding carboxylic acids is 1. The second-order valence-corrected chi connectivity index (χ2v) is 5.84. The van der Waals surface area contributed by atoms with E-state index in [0.29, 0.717) is 16.8 Å². The van der Waals surface area contributed by atoms with E-state index in [1.54, 1.807) is 50.4 Å². The van der Waals surface area contributed by atoms with Crippen molar-refractivity contribution in [1.29, 1.82) is 0 Å². The summed E-state index contributed by atoms with van der Waals surface area (Å²) in [5.41, 5.74) is 1.41. The zero-order valence-corrected chi connectivity index (χ0v) is 13.9. The van der Waals surface area contributed by atoms with Gasteiger partial charge in [-0.2, -0.15) is 0 Å². The van der Waals surface area contributed by atoms with E-state index in [4.69, 9.17) is 4.74 Å². The highest BCUT2D eigenvalue weighted by Gasteiger charge is 2.21. The third-order valence-electron chi connectivity index (χ3n) is 4.19. The summed E-state index contributed by atoms with van der Waals surface area (Å²) >= 11 is 0. The van der Waals surface area contributed by atoms with Crippen molar-refractivity contribution in [1.82, 2.24) is 10.3 Å². The molecule has 0 fully saturated rings. The van der Waals surface area contributed by atoms with Gasteiger partial charge in [0.25, 0.3) is 5.91 Å². The molecule has 1 aromatic heterocycles. The summed E-state index contributed by atoms with van der Waals surface area (Å²) in [5, 5.41) is 13.4. The molecule has 0 aliphatic rings. The lowest BCUT2D eigenvalue weighted by Gasteiger charge is -2.20. The number of nitrogens with one attached hydrogen (secondary N) is 2. The number of benzene rings is 2. The molecule has 130 valence electrons. The number of fused-ring (bicyclic) bond motifs is 1. The highest BCUT2D eigenvalue weighted by molar-refractivity contribution is 6.07. The molecule has 2 aromatic carbocycles. The van der Waals surface area contributed by atoms with E-state index in [0.717, 1.165) is 0 Å². The van der Waals surface area contributed by atoms with E-state index in [1.165, 1.54) is 12.3 Å². The number of hydrogen-bond donors (Lipinski definition) is 3. The fourth-order valence-electron chi connectivity index (χ4n) is 2.77. The van der Waals surface area contributed by atoms with Gasteiger partial charge in [-0.15, -0.1) is 0 Å². The number of aliphatic hydroxyl groups excluding tert-OH is 1. The first-order valence-electron chi connectivity index (χ1n) is 7.89. The third kappa shape index (κ3) is 3.34. The summed E-state index contributed by atoms with van der Waals surface area (Å²) < 4.78 is 19.1. The van der Waals surface area contributed by atoms with Gasteiger partial charge in [0.2, 0.25) is 0 Å². The molecular weight excluding hydrogens is 323 g/mol. The lowest BCUT2D eigenvalue weighted by Crippen LogP contribution is -2.37. The molecule has 1 heterocycles. The van der Waals surface area contributed by atoms with Crippen LogP contribution in [0.1, 0.15) is 28.9 Å². The number of aliphatic hydroxyl groups is 1. The standard InChI is InChI=1S/C19H19FN2O3/c1-11(18(23)12-6-8-13(25-2)9-7-12)22-19(24)14-10-21-16-5-3-4-15(20)17(14)16/h3-11,18,21,23H,1-2H3,(H,22,24). The minimum atomic E-state index is -0.898. The second-order valence-electron chi connectivity index (χ2n) is 5.84.